The quantitative estimate of drug-likeness (QED) is 0.905. The zero-order chi connectivity index (χ0) is 14.5. The van der Waals surface area contributed by atoms with E-state index in [1.807, 2.05) is 31.2 Å². The lowest BCUT2D eigenvalue weighted by Gasteiger charge is -2.18. The van der Waals surface area contributed by atoms with E-state index in [0.29, 0.717) is 6.54 Å². The number of carbonyl (C=O) groups is 1. The molecule has 2 rings (SSSR count). The SMILES string of the molecule is Cc1cccc(NC(=O)N(C)Cc2cccc(F)c2)c1. The van der Waals surface area contributed by atoms with Crippen molar-refractivity contribution in [2.24, 2.45) is 0 Å². The number of benzene rings is 2. The third-order valence-electron chi connectivity index (χ3n) is 2.92. The van der Waals surface area contributed by atoms with Gasteiger partial charge in [0.15, 0.2) is 0 Å². The van der Waals surface area contributed by atoms with Crippen LogP contribution in [0.25, 0.3) is 0 Å². The van der Waals surface area contributed by atoms with Gasteiger partial charge in [0, 0.05) is 19.3 Å². The number of nitrogens with zero attached hydrogens (tertiary/aromatic N) is 1. The van der Waals surface area contributed by atoms with Crippen LogP contribution in [0, 0.1) is 12.7 Å². The molecule has 0 aromatic heterocycles. The van der Waals surface area contributed by atoms with Crippen molar-refractivity contribution in [1.29, 1.82) is 0 Å². The second-order valence-corrected chi connectivity index (χ2v) is 4.79. The van der Waals surface area contributed by atoms with Crippen LogP contribution in [0.3, 0.4) is 0 Å². The second-order valence-electron chi connectivity index (χ2n) is 4.79. The first-order valence-electron chi connectivity index (χ1n) is 6.38. The summed E-state index contributed by atoms with van der Waals surface area (Å²) >= 11 is 0. The van der Waals surface area contributed by atoms with Crippen LogP contribution in [0.1, 0.15) is 11.1 Å². The average molecular weight is 272 g/mol. The van der Waals surface area contributed by atoms with Crippen molar-refractivity contribution >= 4 is 11.7 Å². The molecule has 20 heavy (non-hydrogen) atoms. The van der Waals surface area contributed by atoms with E-state index < -0.39 is 0 Å². The molecule has 0 radical (unpaired) electrons. The molecule has 104 valence electrons. The molecule has 2 aromatic carbocycles. The number of aryl methyl sites for hydroxylation is 1. The van der Waals surface area contributed by atoms with Crippen molar-refractivity contribution in [2.75, 3.05) is 12.4 Å². The number of hydrogen-bond donors (Lipinski definition) is 1. The van der Waals surface area contributed by atoms with Gasteiger partial charge < -0.3 is 10.2 Å². The number of urea groups is 1. The molecule has 2 amide bonds. The molecule has 0 unspecified atom stereocenters. The van der Waals surface area contributed by atoms with E-state index in [4.69, 9.17) is 0 Å². The van der Waals surface area contributed by atoms with Gasteiger partial charge in [0.2, 0.25) is 0 Å². The molecule has 0 aliphatic rings. The maximum Gasteiger partial charge on any atom is 0.321 e. The molecule has 4 heteroatoms. The van der Waals surface area contributed by atoms with E-state index >= 15 is 0 Å². The van der Waals surface area contributed by atoms with Gasteiger partial charge in [-0.1, -0.05) is 24.3 Å². The number of halogens is 1. The van der Waals surface area contributed by atoms with E-state index in [-0.39, 0.29) is 11.8 Å². The number of anilines is 1. The second kappa shape index (κ2) is 6.19. The Morgan fingerprint density at radius 3 is 2.65 bits per heavy atom. The van der Waals surface area contributed by atoms with Crippen LogP contribution in [0.5, 0.6) is 0 Å². The topological polar surface area (TPSA) is 32.3 Å². The fourth-order valence-electron chi connectivity index (χ4n) is 1.92. The van der Waals surface area contributed by atoms with Gasteiger partial charge in [-0.25, -0.2) is 9.18 Å². The number of carbonyl (C=O) groups excluding carboxylic acids is 1. The molecule has 0 saturated heterocycles. The Bertz CT molecular complexity index is 613. The molecular formula is C16H17FN2O. The smallest absolute Gasteiger partial charge is 0.321 e. The highest BCUT2D eigenvalue weighted by molar-refractivity contribution is 5.89. The molecule has 0 aliphatic carbocycles. The van der Waals surface area contributed by atoms with Crippen LogP contribution >= 0.6 is 0 Å². The minimum Gasteiger partial charge on any atom is -0.323 e. The van der Waals surface area contributed by atoms with E-state index in [9.17, 15) is 9.18 Å². The van der Waals surface area contributed by atoms with Crippen molar-refractivity contribution < 1.29 is 9.18 Å². The standard InChI is InChI=1S/C16H17FN2O/c1-12-5-3-8-15(9-12)18-16(20)19(2)11-13-6-4-7-14(17)10-13/h3-10H,11H2,1-2H3,(H,18,20). The molecule has 0 atom stereocenters. The maximum atomic E-state index is 13.1. The number of hydrogen-bond acceptors (Lipinski definition) is 1. The lowest BCUT2D eigenvalue weighted by molar-refractivity contribution is 0.220. The molecule has 3 nitrogen and oxygen atoms in total. The van der Waals surface area contributed by atoms with Crippen molar-refractivity contribution in [2.45, 2.75) is 13.5 Å². The highest BCUT2D eigenvalue weighted by Gasteiger charge is 2.09. The highest BCUT2D eigenvalue weighted by Crippen LogP contribution is 2.11. The summed E-state index contributed by atoms with van der Waals surface area (Å²) in [5.41, 5.74) is 2.59. The average Bonchev–Trinajstić information content (AvgIpc) is 2.38. The number of rotatable bonds is 3. The summed E-state index contributed by atoms with van der Waals surface area (Å²) in [6.45, 7) is 2.32. The fourth-order valence-corrected chi connectivity index (χ4v) is 1.92. The monoisotopic (exact) mass is 272 g/mol. The van der Waals surface area contributed by atoms with Gasteiger partial charge in [0.25, 0.3) is 0 Å². The van der Waals surface area contributed by atoms with E-state index in [1.165, 1.54) is 17.0 Å². The maximum absolute atomic E-state index is 13.1. The van der Waals surface area contributed by atoms with Crippen LogP contribution in [0.15, 0.2) is 48.5 Å². The van der Waals surface area contributed by atoms with Crippen molar-refractivity contribution in [3.8, 4) is 0 Å². The molecule has 0 bridgehead atoms. The van der Waals surface area contributed by atoms with Gasteiger partial charge in [-0.2, -0.15) is 0 Å². The zero-order valence-electron chi connectivity index (χ0n) is 11.6. The third-order valence-corrected chi connectivity index (χ3v) is 2.92. The van der Waals surface area contributed by atoms with Crippen LogP contribution in [0.4, 0.5) is 14.9 Å². The Balaban J connectivity index is 1.98. The van der Waals surface area contributed by atoms with Gasteiger partial charge in [-0.3, -0.25) is 0 Å². The largest absolute Gasteiger partial charge is 0.323 e. The highest BCUT2D eigenvalue weighted by atomic mass is 19.1. The summed E-state index contributed by atoms with van der Waals surface area (Å²) in [6.07, 6.45) is 0. The third kappa shape index (κ3) is 3.82. The normalized spacial score (nSPS) is 10.2. The van der Waals surface area contributed by atoms with Crippen molar-refractivity contribution in [3.05, 3.63) is 65.5 Å². The predicted molar refractivity (Wildman–Crippen MR) is 78.1 cm³/mol. The van der Waals surface area contributed by atoms with Gasteiger partial charge in [-0.05, 0) is 42.3 Å². The van der Waals surface area contributed by atoms with Crippen LogP contribution in [-0.2, 0) is 6.54 Å². The molecular weight excluding hydrogens is 255 g/mol. The first-order chi connectivity index (χ1) is 9.54. The number of nitrogens with one attached hydrogen (secondary N) is 1. The van der Waals surface area contributed by atoms with Crippen LogP contribution in [-0.4, -0.2) is 18.0 Å². The lowest BCUT2D eigenvalue weighted by atomic mass is 10.2. The molecule has 0 fully saturated rings. The Morgan fingerprint density at radius 2 is 1.95 bits per heavy atom. The number of amides is 2. The van der Waals surface area contributed by atoms with Gasteiger partial charge in [0.1, 0.15) is 5.82 Å². The molecule has 0 aliphatic heterocycles. The first-order valence-corrected chi connectivity index (χ1v) is 6.38. The Labute approximate surface area is 118 Å². The van der Waals surface area contributed by atoms with E-state index in [0.717, 1.165) is 16.8 Å². The minimum absolute atomic E-state index is 0.222. The molecule has 0 heterocycles. The Hall–Kier alpha value is -2.36. The summed E-state index contributed by atoms with van der Waals surface area (Å²) in [4.78, 5) is 13.5. The summed E-state index contributed by atoms with van der Waals surface area (Å²) in [5, 5.41) is 2.81. The molecule has 2 aromatic rings. The minimum atomic E-state index is -0.296. The van der Waals surface area contributed by atoms with Crippen molar-refractivity contribution in [3.63, 3.8) is 0 Å². The summed E-state index contributed by atoms with van der Waals surface area (Å²) in [7, 11) is 1.68. The predicted octanol–water partition coefficient (Wildman–Crippen LogP) is 3.80. The zero-order valence-corrected chi connectivity index (χ0v) is 11.6. The summed E-state index contributed by atoms with van der Waals surface area (Å²) in [5.74, 6) is -0.296. The van der Waals surface area contributed by atoms with Gasteiger partial charge in [-0.15, -0.1) is 0 Å². The van der Waals surface area contributed by atoms with Crippen molar-refractivity contribution in [1.82, 2.24) is 4.90 Å². The van der Waals surface area contributed by atoms with Crippen LogP contribution < -0.4 is 5.32 Å². The molecule has 0 saturated carbocycles. The van der Waals surface area contributed by atoms with E-state index in [1.54, 1.807) is 19.2 Å². The van der Waals surface area contributed by atoms with Gasteiger partial charge in [0.05, 0.1) is 0 Å². The van der Waals surface area contributed by atoms with Crippen LogP contribution in [0.2, 0.25) is 0 Å². The Morgan fingerprint density at radius 1 is 1.20 bits per heavy atom. The summed E-state index contributed by atoms with van der Waals surface area (Å²) in [6, 6.07) is 13.6. The fraction of sp³-hybridized carbons (Fsp3) is 0.188. The molecule has 0 spiro atoms. The van der Waals surface area contributed by atoms with E-state index in [2.05, 4.69) is 5.32 Å². The molecule has 1 N–H and O–H groups in total. The Kier molecular flexibility index (Phi) is 4.35. The lowest BCUT2D eigenvalue weighted by Crippen LogP contribution is -2.30. The summed E-state index contributed by atoms with van der Waals surface area (Å²) < 4.78 is 13.1. The first kappa shape index (κ1) is 14.1. The van der Waals surface area contributed by atoms with Gasteiger partial charge >= 0.3 is 6.03 Å².